The van der Waals surface area contributed by atoms with E-state index in [2.05, 4.69) is 16.3 Å². The highest BCUT2D eigenvalue weighted by Crippen LogP contribution is 2.22. The minimum absolute atomic E-state index is 0.00953. The molecular formula is C17H20BN3O2. The van der Waals surface area contributed by atoms with Crippen molar-refractivity contribution in [3.05, 3.63) is 47.4 Å². The average Bonchev–Trinajstić information content (AvgIpc) is 3.11. The van der Waals surface area contributed by atoms with Crippen LogP contribution in [0.15, 0.2) is 41.8 Å². The van der Waals surface area contributed by atoms with Crippen LogP contribution in [0.1, 0.15) is 18.4 Å². The Bertz CT molecular complexity index is 688. The number of likely N-dealkylation sites (tertiary alicyclic amines) is 1. The highest BCUT2D eigenvalue weighted by atomic mass is 16.5. The van der Waals surface area contributed by atoms with Gasteiger partial charge in [-0.25, -0.2) is 0 Å². The van der Waals surface area contributed by atoms with Gasteiger partial charge >= 0.3 is 0 Å². The van der Waals surface area contributed by atoms with Gasteiger partial charge in [0.25, 0.3) is 0 Å². The van der Waals surface area contributed by atoms with Crippen molar-refractivity contribution in [3.63, 3.8) is 0 Å². The fraction of sp³-hybridized carbons (Fsp3) is 0.353. The minimum atomic E-state index is -0.120. The summed E-state index contributed by atoms with van der Waals surface area (Å²) in [5.74, 6) is 1.29. The number of aliphatic hydroxyl groups is 1. The Hall–Kier alpha value is -2.23. The van der Waals surface area contributed by atoms with Gasteiger partial charge in [0.2, 0.25) is 0 Å². The van der Waals surface area contributed by atoms with E-state index in [4.69, 9.17) is 4.74 Å². The SMILES string of the molecule is Bc1ccc(OC2=CC=C(C#N)C(N3CCCC3)N2)cc1CO. The Labute approximate surface area is 137 Å². The molecule has 0 radical (unpaired) electrons. The summed E-state index contributed by atoms with van der Waals surface area (Å²) in [6.07, 6.45) is 5.80. The predicted octanol–water partition coefficient (Wildman–Crippen LogP) is 0.133. The van der Waals surface area contributed by atoms with Crippen molar-refractivity contribution >= 4 is 13.3 Å². The first-order valence-electron chi connectivity index (χ1n) is 7.92. The zero-order valence-electron chi connectivity index (χ0n) is 13.2. The van der Waals surface area contributed by atoms with Crippen LogP contribution in [0.4, 0.5) is 0 Å². The van der Waals surface area contributed by atoms with Crippen LogP contribution in [0.3, 0.4) is 0 Å². The Morgan fingerprint density at radius 1 is 1.35 bits per heavy atom. The first-order chi connectivity index (χ1) is 11.2. The molecule has 1 aromatic rings. The van der Waals surface area contributed by atoms with Crippen LogP contribution >= 0.6 is 0 Å². The molecule has 0 saturated carbocycles. The molecule has 2 aliphatic rings. The van der Waals surface area contributed by atoms with E-state index in [0.717, 1.165) is 37.0 Å². The summed E-state index contributed by atoms with van der Waals surface area (Å²) in [6, 6.07) is 7.91. The van der Waals surface area contributed by atoms with Crippen LogP contribution in [-0.2, 0) is 6.61 Å². The molecule has 0 bridgehead atoms. The van der Waals surface area contributed by atoms with E-state index in [1.54, 1.807) is 6.08 Å². The predicted molar refractivity (Wildman–Crippen MR) is 90.7 cm³/mol. The Balaban J connectivity index is 1.77. The minimum Gasteiger partial charge on any atom is -0.441 e. The summed E-state index contributed by atoms with van der Waals surface area (Å²) in [7, 11) is 1.96. The molecule has 2 heterocycles. The van der Waals surface area contributed by atoms with Crippen molar-refractivity contribution in [3.8, 4) is 11.8 Å². The highest BCUT2D eigenvalue weighted by Gasteiger charge is 2.28. The maximum Gasteiger partial charge on any atom is 0.194 e. The van der Waals surface area contributed by atoms with Crippen LogP contribution in [0.5, 0.6) is 5.75 Å². The molecule has 6 heteroatoms. The summed E-state index contributed by atoms with van der Waals surface area (Å²) in [5.41, 5.74) is 2.59. The summed E-state index contributed by atoms with van der Waals surface area (Å²) >= 11 is 0. The van der Waals surface area contributed by atoms with Crippen LogP contribution < -0.4 is 15.5 Å². The van der Waals surface area contributed by atoms with Crippen molar-refractivity contribution in [2.24, 2.45) is 0 Å². The van der Waals surface area contributed by atoms with Crippen molar-refractivity contribution in [2.75, 3.05) is 13.1 Å². The number of dihydropyridines is 1. The van der Waals surface area contributed by atoms with Gasteiger partial charge < -0.3 is 15.2 Å². The van der Waals surface area contributed by atoms with Gasteiger partial charge in [0.05, 0.1) is 18.2 Å². The lowest BCUT2D eigenvalue weighted by Crippen LogP contribution is -2.47. The zero-order chi connectivity index (χ0) is 16.2. The van der Waals surface area contributed by atoms with E-state index in [9.17, 15) is 10.4 Å². The van der Waals surface area contributed by atoms with Crippen LogP contribution in [0, 0.1) is 11.3 Å². The lowest BCUT2D eigenvalue weighted by atomic mass is 9.91. The molecule has 118 valence electrons. The van der Waals surface area contributed by atoms with Crippen LogP contribution in [-0.4, -0.2) is 37.1 Å². The molecule has 1 fully saturated rings. The van der Waals surface area contributed by atoms with E-state index in [1.165, 1.54) is 0 Å². The number of benzene rings is 1. The van der Waals surface area contributed by atoms with Gasteiger partial charge in [0.1, 0.15) is 19.8 Å². The largest absolute Gasteiger partial charge is 0.441 e. The van der Waals surface area contributed by atoms with Gasteiger partial charge in [-0.3, -0.25) is 4.90 Å². The quantitative estimate of drug-likeness (QED) is 0.774. The normalized spacial score (nSPS) is 21.1. The second-order valence-electron chi connectivity index (χ2n) is 5.90. The van der Waals surface area contributed by atoms with Gasteiger partial charge in [0.15, 0.2) is 5.88 Å². The lowest BCUT2D eigenvalue weighted by molar-refractivity contribution is 0.220. The number of nitrogens with zero attached hydrogens (tertiary/aromatic N) is 2. The molecule has 1 saturated heterocycles. The van der Waals surface area contributed by atoms with E-state index in [1.807, 2.05) is 32.1 Å². The second-order valence-corrected chi connectivity index (χ2v) is 5.90. The Kier molecular flexibility index (Phi) is 4.70. The summed E-state index contributed by atoms with van der Waals surface area (Å²) in [5, 5.41) is 22.0. The van der Waals surface area contributed by atoms with E-state index in [-0.39, 0.29) is 12.8 Å². The van der Waals surface area contributed by atoms with Gasteiger partial charge in [0, 0.05) is 13.1 Å². The van der Waals surface area contributed by atoms with Crippen molar-refractivity contribution in [1.29, 1.82) is 5.26 Å². The lowest BCUT2D eigenvalue weighted by Gasteiger charge is -2.31. The monoisotopic (exact) mass is 309 g/mol. The van der Waals surface area contributed by atoms with E-state index < -0.39 is 0 Å². The fourth-order valence-corrected chi connectivity index (χ4v) is 2.98. The summed E-state index contributed by atoms with van der Waals surface area (Å²) in [4.78, 5) is 2.26. The number of ether oxygens (including phenoxy) is 1. The number of hydrogen-bond donors (Lipinski definition) is 2. The Morgan fingerprint density at radius 2 is 2.13 bits per heavy atom. The molecule has 1 unspecified atom stereocenters. The Morgan fingerprint density at radius 3 is 2.83 bits per heavy atom. The molecule has 23 heavy (non-hydrogen) atoms. The molecule has 3 rings (SSSR count). The second kappa shape index (κ2) is 6.90. The van der Waals surface area contributed by atoms with Crippen LogP contribution in [0.2, 0.25) is 0 Å². The van der Waals surface area contributed by atoms with Gasteiger partial charge in [-0.2, -0.15) is 5.26 Å². The molecule has 1 atom stereocenters. The van der Waals surface area contributed by atoms with E-state index >= 15 is 0 Å². The average molecular weight is 309 g/mol. The molecule has 0 amide bonds. The third-order valence-corrected chi connectivity index (χ3v) is 4.34. The molecule has 2 N–H and O–H groups in total. The maximum atomic E-state index is 9.36. The molecule has 1 aromatic carbocycles. The van der Waals surface area contributed by atoms with Gasteiger partial charge in [-0.15, -0.1) is 0 Å². The topological polar surface area (TPSA) is 68.5 Å². The maximum absolute atomic E-state index is 9.36. The smallest absolute Gasteiger partial charge is 0.194 e. The third kappa shape index (κ3) is 3.41. The number of rotatable bonds is 4. The third-order valence-electron chi connectivity index (χ3n) is 4.34. The summed E-state index contributed by atoms with van der Waals surface area (Å²) in [6.45, 7) is 1.97. The molecule has 0 aromatic heterocycles. The number of allylic oxidation sites excluding steroid dienone is 2. The van der Waals surface area contributed by atoms with Gasteiger partial charge in [-0.05, 0) is 42.7 Å². The number of nitriles is 1. The zero-order valence-corrected chi connectivity index (χ0v) is 13.2. The fourth-order valence-electron chi connectivity index (χ4n) is 2.98. The number of aliphatic hydroxyl groups excluding tert-OH is 1. The number of hydrogen-bond acceptors (Lipinski definition) is 5. The van der Waals surface area contributed by atoms with E-state index in [0.29, 0.717) is 17.2 Å². The molecule has 5 nitrogen and oxygen atoms in total. The number of nitrogens with one attached hydrogen (secondary N) is 1. The van der Waals surface area contributed by atoms with Crippen molar-refractivity contribution in [1.82, 2.24) is 10.2 Å². The van der Waals surface area contributed by atoms with Crippen molar-refractivity contribution in [2.45, 2.75) is 25.6 Å². The van der Waals surface area contributed by atoms with Gasteiger partial charge in [-0.1, -0.05) is 11.5 Å². The first kappa shape index (κ1) is 15.7. The first-order valence-corrected chi connectivity index (χ1v) is 7.92. The van der Waals surface area contributed by atoms with Crippen LogP contribution in [0.25, 0.3) is 0 Å². The molecular weight excluding hydrogens is 289 g/mol. The summed E-state index contributed by atoms with van der Waals surface area (Å²) < 4.78 is 5.89. The highest BCUT2D eigenvalue weighted by molar-refractivity contribution is 6.33. The van der Waals surface area contributed by atoms with Crippen molar-refractivity contribution < 1.29 is 9.84 Å². The molecule has 0 aliphatic carbocycles. The standard InChI is InChI=1S/C17H20BN3O2/c18-15-5-4-14(9-13(15)11-22)23-16-6-3-12(10-19)17(20-16)21-7-1-2-8-21/h3-6,9,17,20,22H,1-2,7-8,11,18H2. The molecule has 0 spiro atoms. The molecule has 2 aliphatic heterocycles.